The highest BCUT2D eigenvalue weighted by molar-refractivity contribution is 5.70. The van der Waals surface area contributed by atoms with Gasteiger partial charge in [0.25, 0.3) is 0 Å². The van der Waals surface area contributed by atoms with Gasteiger partial charge in [0.15, 0.2) is 0 Å². The SMILES string of the molecule is CCNc1ncnc(-c2cc(F)cc(C#N)c2)c1C(C)C. The molecule has 0 fully saturated rings. The number of nitriles is 1. The van der Waals surface area contributed by atoms with Gasteiger partial charge >= 0.3 is 0 Å². The fourth-order valence-electron chi connectivity index (χ4n) is 2.27. The molecule has 5 heteroatoms. The fourth-order valence-corrected chi connectivity index (χ4v) is 2.27. The maximum absolute atomic E-state index is 13.7. The summed E-state index contributed by atoms with van der Waals surface area (Å²) in [4.78, 5) is 8.56. The second-order valence-corrected chi connectivity index (χ2v) is 5.01. The molecule has 2 aromatic rings. The lowest BCUT2D eigenvalue weighted by molar-refractivity contribution is 0.627. The molecule has 21 heavy (non-hydrogen) atoms. The largest absolute Gasteiger partial charge is 0.370 e. The van der Waals surface area contributed by atoms with Crippen molar-refractivity contribution in [2.75, 3.05) is 11.9 Å². The zero-order valence-corrected chi connectivity index (χ0v) is 12.3. The Bertz CT molecular complexity index is 689. The first-order valence-corrected chi connectivity index (χ1v) is 6.86. The number of anilines is 1. The van der Waals surface area contributed by atoms with Crippen molar-refractivity contribution in [3.8, 4) is 17.3 Å². The summed E-state index contributed by atoms with van der Waals surface area (Å²) in [5.74, 6) is 0.478. The Labute approximate surface area is 123 Å². The zero-order chi connectivity index (χ0) is 15.4. The van der Waals surface area contributed by atoms with E-state index in [2.05, 4.69) is 15.3 Å². The summed E-state index contributed by atoms with van der Waals surface area (Å²) in [6, 6.07) is 6.22. The van der Waals surface area contributed by atoms with E-state index in [4.69, 9.17) is 5.26 Å². The van der Waals surface area contributed by atoms with Crippen LogP contribution in [0.5, 0.6) is 0 Å². The average Bonchev–Trinajstić information content (AvgIpc) is 2.46. The van der Waals surface area contributed by atoms with E-state index in [1.54, 1.807) is 6.07 Å². The molecule has 0 spiro atoms. The summed E-state index contributed by atoms with van der Waals surface area (Å²) in [6.07, 6.45) is 1.45. The molecule has 0 aliphatic heterocycles. The molecule has 2 rings (SSSR count). The second kappa shape index (κ2) is 6.31. The minimum absolute atomic E-state index is 0.170. The first kappa shape index (κ1) is 14.9. The van der Waals surface area contributed by atoms with Crippen LogP contribution in [-0.4, -0.2) is 16.5 Å². The molecule has 4 nitrogen and oxygen atoms in total. The third-order valence-corrected chi connectivity index (χ3v) is 3.11. The molecule has 0 bridgehead atoms. The van der Waals surface area contributed by atoms with Crippen molar-refractivity contribution >= 4 is 5.82 Å². The van der Waals surface area contributed by atoms with Crippen molar-refractivity contribution in [3.05, 3.63) is 41.5 Å². The number of nitrogens with zero attached hydrogens (tertiary/aromatic N) is 3. The standard InChI is InChI=1S/C16H17FN4/c1-4-19-16-14(10(2)3)15(20-9-21-16)12-5-11(8-18)6-13(17)7-12/h5-7,9-10H,4H2,1-3H3,(H,19,20,21). The number of nitrogens with one attached hydrogen (secondary N) is 1. The van der Waals surface area contributed by atoms with Crippen LogP contribution in [0.2, 0.25) is 0 Å². The minimum Gasteiger partial charge on any atom is -0.370 e. The van der Waals surface area contributed by atoms with Crippen LogP contribution in [0.3, 0.4) is 0 Å². The number of halogens is 1. The van der Waals surface area contributed by atoms with Crippen molar-refractivity contribution in [3.63, 3.8) is 0 Å². The highest BCUT2D eigenvalue weighted by Gasteiger charge is 2.17. The van der Waals surface area contributed by atoms with Crippen LogP contribution < -0.4 is 5.32 Å². The van der Waals surface area contributed by atoms with Crippen LogP contribution in [0.15, 0.2) is 24.5 Å². The van der Waals surface area contributed by atoms with Crippen LogP contribution in [0.4, 0.5) is 10.2 Å². The molecule has 0 aliphatic rings. The van der Waals surface area contributed by atoms with Gasteiger partial charge in [0.05, 0.1) is 17.3 Å². The predicted molar refractivity (Wildman–Crippen MR) is 80.4 cm³/mol. The monoisotopic (exact) mass is 284 g/mol. The number of benzene rings is 1. The van der Waals surface area contributed by atoms with Gasteiger partial charge in [0, 0.05) is 17.7 Å². The van der Waals surface area contributed by atoms with Gasteiger partial charge in [0.2, 0.25) is 0 Å². The fraction of sp³-hybridized carbons (Fsp3) is 0.312. The molecule has 1 heterocycles. The van der Waals surface area contributed by atoms with E-state index in [-0.39, 0.29) is 11.5 Å². The smallest absolute Gasteiger partial charge is 0.133 e. The van der Waals surface area contributed by atoms with Crippen LogP contribution >= 0.6 is 0 Å². The van der Waals surface area contributed by atoms with Gasteiger partial charge in [0.1, 0.15) is 18.0 Å². The molecule has 0 amide bonds. The van der Waals surface area contributed by atoms with Gasteiger partial charge in [-0.05, 0) is 31.0 Å². The summed E-state index contributed by atoms with van der Waals surface area (Å²) < 4.78 is 13.7. The van der Waals surface area contributed by atoms with E-state index < -0.39 is 5.82 Å². The number of hydrogen-bond donors (Lipinski definition) is 1. The lowest BCUT2D eigenvalue weighted by Gasteiger charge is -2.16. The molecular formula is C16H17FN4. The van der Waals surface area contributed by atoms with Crippen molar-refractivity contribution in [2.45, 2.75) is 26.7 Å². The number of rotatable bonds is 4. The maximum atomic E-state index is 13.7. The van der Waals surface area contributed by atoms with E-state index in [0.29, 0.717) is 11.3 Å². The molecule has 1 N–H and O–H groups in total. The van der Waals surface area contributed by atoms with Crippen molar-refractivity contribution in [1.29, 1.82) is 5.26 Å². The van der Waals surface area contributed by atoms with Gasteiger partial charge in [-0.3, -0.25) is 0 Å². The Morgan fingerprint density at radius 2 is 2.05 bits per heavy atom. The number of aromatic nitrogens is 2. The van der Waals surface area contributed by atoms with Crippen molar-refractivity contribution in [2.24, 2.45) is 0 Å². The van der Waals surface area contributed by atoms with Crippen LogP contribution in [0, 0.1) is 17.1 Å². The molecule has 0 radical (unpaired) electrons. The first-order chi connectivity index (χ1) is 10.1. The van der Waals surface area contributed by atoms with E-state index in [1.807, 2.05) is 26.8 Å². The lowest BCUT2D eigenvalue weighted by Crippen LogP contribution is -2.07. The highest BCUT2D eigenvalue weighted by Crippen LogP contribution is 2.32. The predicted octanol–water partition coefficient (Wildman–Crippen LogP) is 3.71. The Morgan fingerprint density at radius 1 is 1.29 bits per heavy atom. The Morgan fingerprint density at radius 3 is 2.67 bits per heavy atom. The van der Waals surface area contributed by atoms with E-state index >= 15 is 0 Å². The van der Waals surface area contributed by atoms with Crippen LogP contribution in [-0.2, 0) is 0 Å². The number of hydrogen-bond acceptors (Lipinski definition) is 4. The zero-order valence-electron chi connectivity index (χ0n) is 12.3. The Hall–Kier alpha value is -2.48. The molecule has 1 aromatic heterocycles. The molecular weight excluding hydrogens is 267 g/mol. The van der Waals surface area contributed by atoms with E-state index in [0.717, 1.165) is 17.9 Å². The minimum atomic E-state index is -0.442. The lowest BCUT2D eigenvalue weighted by atomic mass is 9.96. The third-order valence-electron chi connectivity index (χ3n) is 3.11. The Kier molecular flexibility index (Phi) is 4.49. The summed E-state index contributed by atoms with van der Waals surface area (Å²) in [7, 11) is 0. The summed E-state index contributed by atoms with van der Waals surface area (Å²) in [5.41, 5.74) is 2.46. The van der Waals surface area contributed by atoms with E-state index in [9.17, 15) is 4.39 Å². The topological polar surface area (TPSA) is 61.6 Å². The van der Waals surface area contributed by atoms with Gasteiger partial charge < -0.3 is 5.32 Å². The summed E-state index contributed by atoms with van der Waals surface area (Å²) in [5, 5.41) is 12.2. The van der Waals surface area contributed by atoms with Crippen LogP contribution in [0.1, 0.15) is 37.8 Å². The quantitative estimate of drug-likeness (QED) is 0.929. The molecule has 0 saturated heterocycles. The third kappa shape index (κ3) is 3.16. The normalized spacial score (nSPS) is 10.5. The van der Waals surface area contributed by atoms with Gasteiger partial charge in [-0.25, -0.2) is 14.4 Å². The first-order valence-electron chi connectivity index (χ1n) is 6.86. The van der Waals surface area contributed by atoms with Gasteiger partial charge in [-0.2, -0.15) is 5.26 Å². The molecule has 108 valence electrons. The molecule has 0 atom stereocenters. The molecule has 0 saturated carbocycles. The highest BCUT2D eigenvalue weighted by atomic mass is 19.1. The van der Waals surface area contributed by atoms with E-state index in [1.165, 1.54) is 18.5 Å². The summed E-state index contributed by atoms with van der Waals surface area (Å²) >= 11 is 0. The molecule has 1 aromatic carbocycles. The van der Waals surface area contributed by atoms with Gasteiger partial charge in [-0.1, -0.05) is 13.8 Å². The van der Waals surface area contributed by atoms with Crippen molar-refractivity contribution in [1.82, 2.24) is 9.97 Å². The second-order valence-electron chi connectivity index (χ2n) is 5.01. The Balaban J connectivity index is 2.66. The van der Waals surface area contributed by atoms with Gasteiger partial charge in [-0.15, -0.1) is 0 Å². The summed E-state index contributed by atoms with van der Waals surface area (Å²) in [6.45, 7) is 6.80. The van der Waals surface area contributed by atoms with Crippen LogP contribution in [0.25, 0.3) is 11.3 Å². The molecule has 0 unspecified atom stereocenters. The average molecular weight is 284 g/mol. The maximum Gasteiger partial charge on any atom is 0.133 e. The molecule has 0 aliphatic carbocycles. The van der Waals surface area contributed by atoms with Crippen molar-refractivity contribution < 1.29 is 4.39 Å².